The molecule has 3 heterocycles. The van der Waals surface area contributed by atoms with E-state index in [9.17, 15) is 10.1 Å². The lowest BCUT2D eigenvalue weighted by Gasteiger charge is -2.08. The Hall–Kier alpha value is -2.73. The summed E-state index contributed by atoms with van der Waals surface area (Å²) in [4.78, 5) is 24.3. The number of amides is 1. The molecule has 0 atom stereocenters. The van der Waals surface area contributed by atoms with Crippen LogP contribution in [0, 0.1) is 11.3 Å². The smallest absolute Gasteiger partial charge is 0.235 e. The van der Waals surface area contributed by atoms with E-state index in [2.05, 4.69) is 16.4 Å². The van der Waals surface area contributed by atoms with Crippen LogP contribution in [0.1, 0.15) is 22.4 Å². The normalized spacial score (nSPS) is 12.6. The molecule has 148 valence electrons. The highest BCUT2D eigenvalue weighted by molar-refractivity contribution is 8.00. The predicted molar refractivity (Wildman–Crippen MR) is 123 cm³/mol. The first kappa shape index (κ1) is 19.2. The fourth-order valence-electron chi connectivity index (χ4n) is 3.58. The molecule has 0 fully saturated rings. The monoisotopic (exact) mass is 448 g/mol. The van der Waals surface area contributed by atoms with Gasteiger partial charge in [0.2, 0.25) is 5.91 Å². The topological polar surface area (TPSA) is 78.7 Å². The standard InChI is InChI=1S/C22H16N4OS3/c23-11-15-13-6-3-8-17(13)30-22(15)25-19(27)12-29-21-14-5-1-2-7-16(14)24-20(26-21)18-9-4-10-28-18/h1-2,4-5,7,9-10H,3,6,8,12H2,(H,25,27). The predicted octanol–water partition coefficient (Wildman–Crippen LogP) is 5.51. The number of nitrogens with zero attached hydrogens (tertiary/aromatic N) is 3. The van der Waals surface area contributed by atoms with E-state index in [0.29, 0.717) is 16.4 Å². The number of fused-ring (bicyclic) bond motifs is 2. The molecule has 8 heteroatoms. The molecule has 0 unspecified atom stereocenters. The molecule has 3 aromatic heterocycles. The summed E-state index contributed by atoms with van der Waals surface area (Å²) >= 11 is 4.53. The Bertz CT molecular complexity index is 1290. The van der Waals surface area contributed by atoms with E-state index in [0.717, 1.165) is 45.6 Å². The van der Waals surface area contributed by atoms with Gasteiger partial charge in [0.1, 0.15) is 16.1 Å². The zero-order valence-corrected chi connectivity index (χ0v) is 18.3. The average molecular weight is 449 g/mol. The molecular weight excluding hydrogens is 432 g/mol. The lowest BCUT2D eigenvalue weighted by molar-refractivity contribution is -0.113. The maximum absolute atomic E-state index is 12.7. The maximum Gasteiger partial charge on any atom is 0.235 e. The number of aromatic nitrogens is 2. The number of carbonyl (C=O) groups is 1. The van der Waals surface area contributed by atoms with E-state index in [-0.39, 0.29) is 11.7 Å². The Morgan fingerprint density at radius 2 is 2.10 bits per heavy atom. The Morgan fingerprint density at radius 1 is 1.20 bits per heavy atom. The number of para-hydroxylation sites is 1. The molecule has 0 saturated carbocycles. The van der Waals surface area contributed by atoms with Crippen LogP contribution in [0.5, 0.6) is 0 Å². The number of anilines is 1. The van der Waals surface area contributed by atoms with Gasteiger partial charge in [-0.1, -0.05) is 36.0 Å². The average Bonchev–Trinajstić information content (AvgIpc) is 3.49. The molecule has 0 aliphatic heterocycles. The van der Waals surface area contributed by atoms with Gasteiger partial charge in [0, 0.05) is 10.3 Å². The van der Waals surface area contributed by atoms with E-state index in [1.54, 1.807) is 11.3 Å². The van der Waals surface area contributed by atoms with Crippen LogP contribution in [-0.4, -0.2) is 21.6 Å². The molecule has 0 spiro atoms. The number of aryl methyl sites for hydroxylation is 1. The zero-order chi connectivity index (χ0) is 20.5. The van der Waals surface area contributed by atoms with Gasteiger partial charge in [-0.25, -0.2) is 9.97 Å². The third kappa shape index (κ3) is 3.60. The number of thiophene rings is 2. The second kappa shape index (κ2) is 8.19. The summed E-state index contributed by atoms with van der Waals surface area (Å²) in [5, 5.41) is 16.9. The van der Waals surface area contributed by atoms with E-state index < -0.39 is 0 Å². The molecule has 5 rings (SSSR count). The summed E-state index contributed by atoms with van der Waals surface area (Å²) < 4.78 is 0. The van der Waals surface area contributed by atoms with Crippen molar-refractivity contribution in [3.05, 3.63) is 57.8 Å². The van der Waals surface area contributed by atoms with E-state index in [1.807, 2.05) is 41.8 Å². The first-order chi connectivity index (χ1) is 14.7. The minimum atomic E-state index is -0.128. The third-order valence-corrected chi connectivity index (χ3v) is 8.00. The second-order valence-corrected chi connectivity index (χ2v) is 9.87. The van der Waals surface area contributed by atoms with Crippen molar-refractivity contribution in [3.8, 4) is 16.8 Å². The molecule has 5 nitrogen and oxygen atoms in total. The zero-order valence-electron chi connectivity index (χ0n) is 15.8. The van der Waals surface area contributed by atoms with Gasteiger partial charge < -0.3 is 5.32 Å². The summed E-state index contributed by atoms with van der Waals surface area (Å²) in [7, 11) is 0. The lowest BCUT2D eigenvalue weighted by Crippen LogP contribution is -2.14. The first-order valence-corrected chi connectivity index (χ1v) is 12.2. The van der Waals surface area contributed by atoms with Crippen LogP contribution >= 0.6 is 34.4 Å². The summed E-state index contributed by atoms with van der Waals surface area (Å²) in [5.74, 6) is 0.767. The van der Waals surface area contributed by atoms with Crippen LogP contribution < -0.4 is 5.32 Å². The molecule has 1 N–H and O–H groups in total. The molecule has 0 radical (unpaired) electrons. The van der Waals surface area contributed by atoms with Crippen molar-refractivity contribution in [3.63, 3.8) is 0 Å². The fraction of sp³-hybridized carbons (Fsp3) is 0.182. The van der Waals surface area contributed by atoms with Gasteiger partial charge >= 0.3 is 0 Å². The van der Waals surface area contributed by atoms with Crippen LogP contribution in [0.2, 0.25) is 0 Å². The highest BCUT2D eigenvalue weighted by atomic mass is 32.2. The summed E-state index contributed by atoms with van der Waals surface area (Å²) in [6.45, 7) is 0. The minimum Gasteiger partial charge on any atom is -0.316 e. The van der Waals surface area contributed by atoms with Crippen molar-refractivity contribution in [1.82, 2.24) is 9.97 Å². The Labute approximate surface area is 185 Å². The van der Waals surface area contributed by atoms with Crippen molar-refractivity contribution < 1.29 is 4.79 Å². The highest BCUT2D eigenvalue weighted by Crippen LogP contribution is 2.38. The van der Waals surface area contributed by atoms with Crippen molar-refractivity contribution in [2.45, 2.75) is 24.3 Å². The maximum atomic E-state index is 12.7. The molecule has 4 aromatic rings. The van der Waals surface area contributed by atoms with Crippen molar-refractivity contribution in [2.24, 2.45) is 0 Å². The molecule has 1 aromatic carbocycles. The van der Waals surface area contributed by atoms with Gasteiger partial charge in [-0.2, -0.15) is 5.26 Å². The van der Waals surface area contributed by atoms with E-state index >= 15 is 0 Å². The SMILES string of the molecule is N#Cc1c(NC(=O)CSc2nc(-c3cccs3)nc3ccccc23)sc2c1CCC2. The minimum absolute atomic E-state index is 0.128. The molecule has 1 amide bonds. The Morgan fingerprint density at radius 3 is 2.93 bits per heavy atom. The van der Waals surface area contributed by atoms with Crippen molar-refractivity contribution in [1.29, 1.82) is 5.26 Å². The number of hydrogen-bond donors (Lipinski definition) is 1. The number of rotatable bonds is 5. The summed E-state index contributed by atoms with van der Waals surface area (Å²) in [5.41, 5.74) is 2.62. The van der Waals surface area contributed by atoms with Crippen LogP contribution in [0.15, 0.2) is 46.8 Å². The summed E-state index contributed by atoms with van der Waals surface area (Å²) in [6, 6.07) is 14.1. The third-order valence-electron chi connectivity index (χ3n) is 4.94. The molecular formula is C22H16N4OS3. The van der Waals surface area contributed by atoms with E-state index in [4.69, 9.17) is 4.98 Å². The Kier molecular flexibility index (Phi) is 5.25. The summed E-state index contributed by atoms with van der Waals surface area (Å²) in [6.07, 6.45) is 3.02. The number of nitrogens with one attached hydrogen (secondary N) is 1. The van der Waals surface area contributed by atoms with E-state index in [1.165, 1.54) is 28.0 Å². The van der Waals surface area contributed by atoms with Gasteiger partial charge in [-0.05, 0) is 42.3 Å². The number of benzene rings is 1. The number of hydrogen-bond acceptors (Lipinski definition) is 7. The highest BCUT2D eigenvalue weighted by Gasteiger charge is 2.23. The number of thioether (sulfide) groups is 1. The van der Waals surface area contributed by atoms with Crippen LogP contribution in [0.25, 0.3) is 21.6 Å². The first-order valence-electron chi connectivity index (χ1n) is 9.51. The molecule has 0 saturated heterocycles. The molecule has 30 heavy (non-hydrogen) atoms. The fourth-order valence-corrected chi connectivity index (χ4v) is 6.31. The van der Waals surface area contributed by atoms with Gasteiger partial charge in [0.15, 0.2) is 5.82 Å². The largest absolute Gasteiger partial charge is 0.316 e. The second-order valence-electron chi connectivity index (χ2n) is 6.86. The van der Waals surface area contributed by atoms with Gasteiger partial charge in [0.05, 0.1) is 21.7 Å². The van der Waals surface area contributed by atoms with Gasteiger partial charge in [-0.3, -0.25) is 4.79 Å². The van der Waals surface area contributed by atoms with Crippen molar-refractivity contribution in [2.75, 3.05) is 11.1 Å². The van der Waals surface area contributed by atoms with Crippen molar-refractivity contribution >= 4 is 56.2 Å². The molecule has 0 bridgehead atoms. The Balaban J connectivity index is 1.38. The van der Waals surface area contributed by atoms with Gasteiger partial charge in [0.25, 0.3) is 0 Å². The molecule has 1 aliphatic rings. The van der Waals surface area contributed by atoms with Crippen LogP contribution in [-0.2, 0) is 17.6 Å². The quantitative estimate of drug-likeness (QED) is 0.322. The van der Waals surface area contributed by atoms with Gasteiger partial charge in [-0.15, -0.1) is 22.7 Å². The molecule has 1 aliphatic carbocycles. The van der Waals surface area contributed by atoms with Crippen LogP contribution in [0.3, 0.4) is 0 Å². The lowest BCUT2D eigenvalue weighted by atomic mass is 10.1. The van der Waals surface area contributed by atoms with Crippen LogP contribution in [0.4, 0.5) is 5.00 Å². The number of nitriles is 1. The number of carbonyl (C=O) groups excluding carboxylic acids is 1.